The standard InChI is InChI=1S/C14H16FNO3/c15-11-1-3-12(4-2-11)19-13-5-9-7-16(14(17)18)8-10(9)6-13/h1-4,9-10,13H,5-8H2,(H,17,18)/t9-,10+,13-. The number of carboxylic acid groups (broad SMARTS) is 1. The van der Waals surface area contributed by atoms with Crippen LogP contribution in [0.1, 0.15) is 12.8 Å². The van der Waals surface area contributed by atoms with Crippen molar-refractivity contribution in [3.63, 3.8) is 0 Å². The molecule has 0 aromatic heterocycles. The summed E-state index contributed by atoms with van der Waals surface area (Å²) < 4.78 is 18.6. The topological polar surface area (TPSA) is 49.8 Å². The highest BCUT2D eigenvalue weighted by molar-refractivity contribution is 5.65. The quantitative estimate of drug-likeness (QED) is 0.894. The highest BCUT2D eigenvalue weighted by Crippen LogP contribution is 2.39. The molecule has 102 valence electrons. The van der Waals surface area contributed by atoms with Crippen LogP contribution in [-0.2, 0) is 0 Å². The highest BCUT2D eigenvalue weighted by Gasteiger charge is 2.43. The van der Waals surface area contributed by atoms with E-state index in [0.717, 1.165) is 12.8 Å². The van der Waals surface area contributed by atoms with Gasteiger partial charge in [-0.2, -0.15) is 0 Å². The molecule has 1 aliphatic carbocycles. The fourth-order valence-corrected chi connectivity index (χ4v) is 3.20. The van der Waals surface area contributed by atoms with Crippen molar-refractivity contribution < 1.29 is 19.0 Å². The molecular weight excluding hydrogens is 249 g/mol. The summed E-state index contributed by atoms with van der Waals surface area (Å²) in [6, 6.07) is 6.04. The van der Waals surface area contributed by atoms with Gasteiger partial charge in [-0.05, 0) is 48.9 Å². The van der Waals surface area contributed by atoms with Gasteiger partial charge in [-0.25, -0.2) is 9.18 Å². The average Bonchev–Trinajstić information content (AvgIpc) is 2.90. The van der Waals surface area contributed by atoms with E-state index in [4.69, 9.17) is 9.84 Å². The van der Waals surface area contributed by atoms with Crippen LogP contribution in [0.15, 0.2) is 24.3 Å². The van der Waals surface area contributed by atoms with Gasteiger partial charge in [-0.3, -0.25) is 0 Å². The molecule has 1 saturated carbocycles. The normalized spacial score (nSPS) is 29.3. The first kappa shape index (κ1) is 12.3. The second-order valence-electron chi connectivity index (χ2n) is 5.37. The molecule has 2 aliphatic rings. The third-order valence-electron chi connectivity index (χ3n) is 4.09. The van der Waals surface area contributed by atoms with Crippen LogP contribution in [0.5, 0.6) is 5.75 Å². The fraction of sp³-hybridized carbons (Fsp3) is 0.500. The minimum atomic E-state index is -0.828. The van der Waals surface area contributed by atoms with Crippen LogP contribution in [-0.4, -0.2) is 35.3 Å². The molecule has 0 spiro atoms. The largest absolute Gasteiger partial charge is 0.490 e. The SMILES string of the molecule is O=C(O)N1C[C@H]2C[C@@H](Oc3ccc(F)cc3)C[C@H]2C1. The number of fused-ring (bicyclic) bond motifs is 1. The summed E-state index contributed by atoms with van der Waals surface area (Å²) in [4.78, 5) is 12.4. The van der Waals surface area contributed by atoms with Gasteiger partial charge >= 0.3 is 6.09 Å². The Morgan fingerprint density at radius 3 is 2.32 bits per heavy atom. The Morgan fingerprint density at radius 2 is 1.79 bits per heavy atom. The van der Waals surface area contributed by atoms with Crippen LogP contribution in [0.3, 0.4) is 0 Å². The molecule has 4 nitrogen and oxygen atoms in total. The zero-order chi connectivity index (χ0) is 13.4. The first-order valence-corrected chi connectivity index (χ1v) is 6.52. The maximum atomic E-state index is 12.8. The van der Waals surface area contributed by atoms with E-state index in [-0.39, 0.29) is 11.9 Å². The Balaban J connectivity index is 1.57. The van der Waals surface area contributed by atoms with Crippen molar-refractivity contribution in [2.45, 2.75) is 18.9 Å². The predicted molar refractivity (Wildman–Crippen MR) is 66.6 cm³/mol. The molecular formula is C14H16FNO3. The van der Waals surface area contributed by atoms with Gasteiger partial charge in [0.05, 0.1) is 6.10 Å². The summed E-state index contributed by atoms with van der Waals surface area (Å²) in [6.45, 7) is 1.23. The molecule has 0 bridgehead atoms. The van der Waals surface area contributed by atoms with Crippen molar-refractivity contribution in [2.24, 2.45) is 11.8 Å². The number of ether oxygens (including phenoxy) is 1. The van der Waals surface area contributed by atoms with Gasteiger partial charge in [0, 0.05) is 13.1 Å². The summed E-state index contributed by atoms with van der Waals surface area (Å²) >= 11 is 0. The zero-order valence-corrected chi connectivity index (χ0v) is 10.5. The van der Waals surface area contributed by atoms with Crippen LogP contribution >= 0.6 is 0 Å². The van der Waals surface area contributed by atoms with Gasteiger partial charge in [0.1, 0.15) is 11.6 Å². The fourth-order valence-electron chi connectivity index (χ4n) is 3.20. The van der Waals surface area contributed by atoms with Gasteiger partial charge < -0.3 is 14.7 Å². The lowest BCUT2D eigenvalue weighted by atomic mass is 10.0. The number of hydrogen-bond acceptors (Lipinski definition) is 2. The van der Waals surface area contributed by atoms with Crippen LogP contribution in [0.4, 0.5) is 9.18 Å². The van der Waals surface area contributed by atoms with E-state index < -0.39 is 6.09 Å². The van der Waals surface area contributed by atoms with E-state index in [1.807, 2.05) is 0 Å². The van der Waals surface area contributed by atoms with E-state index in [1.54, 1.807) is 12.1 Å². The number of likely N-dealkylation sites (tertiary alicyclic amines) is 1. The van der Waals surface area contributed by atoms with E-state index in [2.05, 4.69) is 0 Å². The van der Waals surface area contributed by atoms with E-state index in [9.17, 15) is 9.18 Å². The van der Waals surface area contributed by atoms with Gasteiger partial charge in [0.25, 0.3) is 0 Å². The molecule has 0 radical (unpaired) electrons. The molecule has 5 heteroatoms. The third-order valence-corrected chi connectivity index (χ3v) is 4.09. The Labute approximate surface area is 110 Å². The lowest BCUT2D eigenvalue weighted by Crippen LogP contribution is -2.29. The van der Waals surface area contributed by atoms with Crippen LogP contribution in [0.2, 0.25) is 0 Å². The third kappa shape index (κ3) is 2.50. The van der Waals surface area contributed by atoms with E-state index in [0.29, 0.717) is 30.7 Å². The Kier molecular flexibility index (Phi) is 3.05. The summed E-state index contributed by atoms with van der Waals surface area (Å²) in [7, 11) is 0. The van der Waals surface area contributed by atoms with Crippen molar-refractivity contribution in [1.82, 2.24) is 4.90 Å². The minimum absolute atomic E-state index is 0.122. The second-order valence-corrected chi connectivity index (χ2v) is 5.37. The monoisotopic (exact) mass is 265 g/mol. The lowest BCUT2D eigenvalue weighted by Gasteiger charge is -2.17. The van der Waals surface area contributed by atoms with Gasteiger partial charge in [0.15, 0.2) is 0 Å². The molecule has 1 heterocycles. The predicted octanol–water partition coefficient (Wildman–Crippen LogP) is 2.59. The summed E-state index contributed by atoms with van der Waals surface area (Å²) in [5.41, 5.74) is 0. The maximum Gasteiger partial charge on any atom is 0.407 e. The molecule has 1 amide bonds. The number of carbonyl (C=O) groups is 1. The zero-order valence-electron chi connectivity index (χ0n) is 10.5. The molecule has 19 heavy (non-hydrogen) atoms. The Bertz CT molecular complexity index is 462. The van der Waals surface area contributed by atoms with Crippen LogP contribution in [0, 0.1) is 17.7 Å². The van der Waals surface area contributed by atoms with Crippen molar-refractivity contribution in [1.29, 1.82) is 0 Å². The summed E-state index contributed by atoms with van der Waals surface area (Å²) in [6.07, 6.45) is 1.05. The van der Waals surface area contributed by atoms with E-state index in [1.165, 1.54) is 17.0 Å². The number of nitrogens with zero attached hydrogens (tertiary/aromatic N) is 1. The van der Waals surface area contributed by atoms with Crippen molar-refractivity contribution in [2.75, 3.05) is 13.1 Å². The van der Waals surface area contributed by atoms with Gasteiger partial charge in [0.2, 0.25) is 0 Å². The molecule has 3 rings (SSSR count). The molecule has 0 unspecified atom stereocenters. The molecule has 1 N–H and O–H groups in total. The second kappa shape index (κ2) is 4.72. The number of halogens is 1. The molecule has 2 fully saturated rings. The first-order valence-electron chi connectivity index (χ1n) is 6.52. The Morgan fingerprint density at radius 1 is 1.21 bits per heavy atom. The molecule has 3 atom stereocenters. The molecule has 1 aliphatic heterocycles. The highest BCUT2D eigenvalue weighted by atomic mass is 19.1. The molecule has 1 saturated heterocycles. The van der Waals surface area contributed by atoms with Gasteiger partial charge in [-0.15, -0.1) is 0 Å². The van der Waals surface area contributed by atoms with Gasteiger partial charge in [-0.1, -0.05) is 0 Å². The lowest BCUT2D eigenvalue weighted by molar-refractivity contribution is 0.144. The van der Waals surface area contributed by atoms with Crippen molar-refractivity contribution >= 4 is 6.09 Å². The summed E-state index contributed by atoms with van der Waals surface area (Å²) in [5.74, 6) is 1.22. The minimum Gasteiger partial charge on any atom is -0.490 e. The number of rotatable bonds is 2. The first-order chi connectivity index (χ1) is 9.11. The van der Waals surface area contributed by atoms with E-state index >= 15 is 0 Å². The van der Waals surface area contributed by atoms with Crippen LogP contribution < -0.4 is 4.74 Å². The number of hydrogen-bond donors (Lipinski definition) is 1. The number of benzene rings is 1. The number of amides is 1. The maximum absolute atomic E-state index is 12.8. The van der Waals surface area contributed by atoms with Crippen LogP contribution in [0.25, 0.3) is 0 Å². The van der Waals surface area contributed by atoms with Crippen molar-refractivity contribution in [3.8, 4) is 5.75 Å². The molecule has 1 aromatic rings. The Hall–Kier alpha value is -1.78. The smallest absolute Gasteiger partial charge is 0.407 e. The van der Waals surface area contributed by atoms with Crippen molar-refractivity contribution in [3.05, 3.63) is 30.1 Å². The summed E-state index contributed by atoms with van der Waals surface area (Å²) in [5, 5.41) is 8.95. The molecule has 1 aromatic carbocycles. The average molecular weight is 265 g/mol.